The highest BCUT2D eigenvalue weighted by Crippen LogP contribution is 2.42. The zero-order chi connectivity index (χ0) is 20.7. The largest absolute Gasteiger partial charge is 0.496 e. The summed E-state index contributed by atoms with van der Waals surface area (Å²) in [4.78, 5) is 28.0. The third-order valence-electron chi connectivity index (χ3n) is 5.98. The first-order chi connectivity index (χ1) is 14.7. The van der Waals surface area contributed by atoms with Gasteiger partial charge in [-0.05, 0) is 30.5 Å². The summed E-state index contributed by atoms with van der Waals surface area (Å²) in [6.45, 7) is 1.24. The Morgan fingerprint density at radius 1 is 1.23 bits per heavy atom. The van der Waals surface area contributed by atoms with Crippen LogP contribution in [0.5, 0.6) is 5.75 Å². The molecule has 1 aliphatic heterocycles. The van der Waals surface area contributed by atoms with Crippen molar-refractivity contribution in [1.29, 1.82) is 0 Å². The first kappa shape index (κ1) is 18.7. The molecule has 5 rings (SSSR count). The van der Waals surface area contributed by atoms with E-state index in [1.807, 2.05) is 12.1 Å². The van der Waals surface area contributed by atoms with Gasteiger partial charge in [-0.1, -0.05) is 12.1 Å². The van der Waals surface area contributed by atoms with Gasteiger partial charge in [0.25, 0.3) is 5.56 Å². The van der Waals surface area contributed by atoms with E-state index >= 15 is 0 Å². The van der Waals surface area contributed by atoms with E-state index in [1.54, 1.807) is 31.0 Å². The molecule has 0 spiro atoms. The zero-order valence-electron chi connectivity index (χ0n) is 17.0. The minimum Gasteiger partial charge on any atom is -0.496 e. The van der Waals surface area contributed by atoms with Gasteiger partial charge in [-0.2, -0.15) is 0 Å². The predicted octanol–water partition coefficient (Wildman–Crippen LogP) is 2.14. The van der Waals surface area contributed by atoms with Gasteiger partial charge < -0.3 is 14.4 Å². The van der Waals surface area contributed by atoms with Crippen molar-refractivity contribution >= 4 is 5.95 Å². The molecular weight excluding hydrogens is 382 g/mol. The number of nitrogens with zero attached hydrogens (tertiary/aromatic N) is 5. The molecule has 8 heteroatoms. The molecule has 0 saturated carbocycles. The molecule has 2 atom stereocenters. The van der Waals surface area contributed by atoms with E-state index in [0.717, 1.165) is 24.2 Å². The van der Waals surface area contributed by atoms with Crippen LogP contribution in [-0.4, -0.2) is 45.8 Å². The molecule has 1 fully saturated rings. The molecule has 0 radical (unpaired) electrons. The van der Waals surface area contributed by atoms with E-state index in [4.69, 9.17) is 14.5 Å². The number of hydrogen-bond donors (Lipinski definition) is 0. The van der Waals surface area contributed by atoms with Crippen LogP contribution < -0.4 is 15.2 Å². The second kappa shape index (κ2) is 7.53. The molecule has 3 heterocycles. The quantitative estimate of drug-likeness (QED) is 0.660. The average Bonchev–Trinajstić information content (AvgIpc) is 2.80. The van der Waals surface area contributed by atoms with Crippen LogP contribution in [0.3, 0.4) is 0 Å². The number of aromatic nitrogens is 4. The highest BCUT2D eigenvalue weighted by molar-refractivity contribution is 5.56. The first-order valence-electron chi connectivity index (χ1n) is 10.1. The lowest BCUT2D eigenvalue weighted by Gasteiger charge is -2.45. The SMILES string of the molecule is COc1cccc2c1CC[C@@H]1[C@H]2OCCN1c1nc(-c2ccncn2)cc(=O)n1C. The molecule has 1 aliphatic carbocycles. The minimum absolute atomic E-state index is 0.0859. The summed E-state index contributed by atoms with van der Waals surface area (Å²) < 4.78 is 13.4. The van der Waals surface area contributed by atoms with Crippen molar-refractivity contribution in [3.05, 3.63) is 64.3 Å². The summed E-state index contributed by atoms with van der Waals surface area (Å²) in [5.74, 6) is 1.55. The number of anilines is 1. The number of hydrogen-bond acceptors (Lipinski definition) is 7. The Balaban J connectivity index is 1.57. The van der Waals surface area contributed by atoms with Gasteiger partial charge in [0.2, 0.25) is 5.95 Å². The van der Waals surface area contributed by atoms with Crippen LogP contribution in [0.2, 0.25) is 0 Å². The van der Waals surface area contributed by atoms with Gasteiger partial charge in [-0.25, -0.2) is 15.0 Å². The highest BCUT2D eigenvalue weighted by atomic mass is 16.5. The fourth-order valence-electron chi connectivity index (χ4n) is 4.53. The number of fused-ring (bicyclic) bond motifs is 3. The topological polar surface area (TPSA) is 82.4 Å². The molecule has 1 aromatic carbocycles. The molecule has 2 aromatic heterocycles. The Morgan fingerprint density at radius 3 is 2.93 bits per heavy atom. The molecule has 8 nitrogen and oxygen atoms in total. The predicted molar refractivity (Wildman–Crippen MR) is 112 cm³/mol. The minimum atomic E-state index is -0.116. The van der Waals surface area contributed by atoms with E-state index < -0.39 is 0 Å². The Hall–Kier alpha value is -3.26. The third-order valence-corrected chi connectivity index (χ3v) is 5.98. The molecule has 0 bridgehead atoms. The van der Waals surface area contributed by atoms with Crippen LogP contribution in [0.15, 0.2) is 47.7 Å². The molecule has 0 amide bonds. The Bertz CT molecular complexity index is 1130. The van der Waals surface area contributed by atoms with Crippen molar-refractivity contribution in [3.8, 4) is 17.1 Å². The third kappa shape index (κ3) is 3.04. The molecule has 2 aliphatic rings. The summed E-state index contributed by atoms with van der Waals surface area (Å²) in [6.07, 6.45) is 4.81. The molecule has 0 unspecified atom stereocenters. The van der Waals surface area contributed by atoms with E-state index in [9.17, 15) is 4.79 Å². The number of rotatable bonds is 3. The lowest BCUT2D eigenvalue weighted by atomic mass is 9.83. The summed E-state index contributed by atoms with van der Waals surface area (Å²) >= 11 is 0. The highest BCUT2D eigenvalue weighted by Gasteiger charge is 2.39. The van der Waals surface area contributed by atoms with Crippen molar-refractivity contribution in [2.24, 2.45) is 7.05 Å². The molecule has 3 aromatic rings. The van der Waals surface area contributed by atoms with Gasteiger partial charge >= 0.3 is 0 Å². The number of ether oxygens (including phenoxy) is 2. The van der Waals surface area contributed by atoms with Crippen LogP contribution in [0, 0.1) is 0 Å². The molecule has 0 N–H and O–H groups in total. The van der Waals surface area contributed by atoms with E-state index in [1.165, 1.54) is 18.0 Å². The van der Waals surface area contributed by atoms with Crippen molar-refractivity contribution in [1.82, 2.24) is 19.5 Å². The lowest BCUT2D eigenvalue weighted by molar-refractivity contribution is 0.00148. The van der Waals surface area contributed by atoms with Crippen molar-refractivity contribution in [2.75, 3.05) is 25.2 Å². The van der Waals surface area contributed by atoms with Crippen molar-refractivity contribution in [2.45, 2.75) is 25.0 Å². The number of morpholine rings is 1. The van der Waals surface area contributed by atoms with Crippen LogP contribution in [-0.2, 0) is 18.2 Å². The Kier molecular flexibility index (Phi) is 4.71. The fourth-order valence-corrected chi connectivity index (χ4v) is 4.53. The van der Waals surface area contributed by atoms with Gasteiger partial charge in [0, 0.05) is 31.4 Å². The Labute approximate surface area is 174 Å². The van der Waals surface area contributed by atoms with Gasteiger partial charge in [0.1, 0.15) is 18.2 Å². The van der Waals surface area contributed by atoms with E-state index in [0.29, 0.717) is 30.5 Å². The number of methoxy groups -OCH3 is 1. The summed E-state index contributed by atoms with van der Waals surface area (Å²) in [5, 5.41) is 0. The van der Waals surface area contributed by atoms with Gasteiger partial charge in [0.15, 0.2) is 0 Å². The van der Waals surface area contributed by atoms with Crippen molar-refractivity contribution < 1.29 is 9.47 Å². The summed E-state index contributed by atoms with van der Waals surface area (Å²) in [6, 6.07) is 9.49. The van der Waals surface area contributed by atoms with Gasteiger partial charge in [-0.3, -0.25) is 9.36 Å². The average molecular weight is 405 g/mol. The molecule has 30 heavy (non-hydrogen) atoms. The standard InChI is InChI=1S/C22H23N5O3/c1-26-20(28)12-17(16-8-9-23-13-24-16)25-22(26)27-10-11-30-21-15-4-3-5-19(29-2)14(15)6-7-18(21)27/h3-5,8-9,12-13,18,21H,6-7,10-11H2,1-2H3/t18-,21+/m1/s1. The lowest BCUT2D eigenvalue weighted by Crippen LogP contribution is -2.51. The molecular formula is C22H23N5O3. The van der Waals surface area contributed by atoms with Crippen LogP contribution in [0.1, 0.15) is 23.7 Å². The van der Waals surface area contributed by atoms with Gasteiger partial charge in [-0.15, -0.1) is 0 Å². The summed E-state index contributed by atoms with van der Waals surface area (Å²) in [5.41, 5.74) is 3.44. The maximum absolute atomic E-state index is 12.7. The monoisotopic (exact) mass is 405 g/mol. The fraction of sp³-hybridized carbons (Fsp3) is 0.364. The zero-order valence-corrected chi connectivity index (χ0v) is 17.0. The maximum Gasteiger partial charge on any atom is 0.255 e. The van der Waals surface area contributed by atoms with E-state index in [-0.39, 0.29) is 17.7 Å². The Morgan fingerprint density at radius 2 is 2.13 bits per heavy atom. The van der Waals surface area contributed by atoms with Gasteiger partial charge in [0.05, 0.1) is 31.1 Å². The first-order valence-corrected chi connectivity index (χ1v) is 10.1. The maximum atomic E-state index is 12.7. The second-order valence-electron chi connectivity index (χ2n) is 7.55. The molecule has 1 saturated heterocycles. The smallest absolute Gasteiger partial charge is 0.255 e. The summed E-state index contributed by atoms with van der Waals surface area (Å²) in [7, 11) is 3.47. The van der Waals surface area contributed by atoms with Crippen LogP contribution in [0.25, 0.3) is 11.4 Å². The van der Waals surface area contributed by atoms with Crippen LogP contribution in [0.4, 0.5) is 5.95 Å². The molecule has 154 valence electrons. The van der Waals surface area contributed by atoms with E-state index in [2.05, 4.69) is 20.9 Å². The number of benzene rings is 1. The second-order valence-corrected chi connectivity index (χ2v) is 7.55. The normalized spacial score (nSPS) is 20.4. The van der Waals surface area contributed by atoms with Crippen molar-refractivity contribution in [3.63, 3.8) is 0 Å². The van der Waals surface area contributed by atoms with Crippen LogP contribution >= 0.6 is 0 Å².